The van der Waals surface area contributed by atoms with E-state index in [1.165, 1.54) is 0 Å². The summed E-state index contributed by atoms with van der Waals surface area (Å²) in [6, 6.07) is 1.74. The molecule has 9 nitrogen and oxygen atoms in total. The van der Waals surface area contributed by atoms with Crippen molar-refractivity contribution in [2.45, 2.75) is 24.9 Å². The number of rotatable bonds is 2. The van der Waals surface area contributed by atoms with Crippen LogP contribution in [0.25, 0.3) is 5.76 Å². The number of primary amides is 1. The van der Waals surface area contributed by atoms with Crippen LogP contribution in [0.4, 0.5) is 5.69 Å². The standard InChI is InChI=1S/C26H30N2O7S/c1-28(2)16-10-12(6-7-36(3,4)5)21(30)19-15(16)9-13-8-14-11-17(29)20(25(27)34)24(33)26(14,35)23(32)18(13)22(19)31/h10,13-14,30-31,33,35H,8-9,11H2,1-5H3,(H2,27,34)/t13-,14+,26+/m1/s1. The number of nitrogens with zero attached hydrogens (tertiary/aromatic N) is 1. The summed E-state index contributed by atoms with van der Waals surface area (Å²) in [4.78, 5) is 39.7. The van der Waals surface area contributed by atoms with Gasteiger partial charge in [-0.25, -0.2) is 0 Å². The van der Waals surface area contributed by atoms with Crippen molar-refractivity contribution in [2.75, 3.05) is 37.8 Å². The Morgan fingerprint density at radius 3 is 2.36 bits per heavy atom. The Balaban J connectivity index is 1.97. The molecular formula is C26H30N2O7S. The Bertz CT molecular complexity index is 1360. The fourth-order valence-electron chi connectivity index (χ4n) is 5.37. The lowest BCUT2D eigenvalue weighted by Gasteiger charge is -2.46. The molecule has 0 aliphatic heterocycles. The minimum absolute atomic E-state index is 0.0431. The van der Waals surface area contributed by atoms with Crippen LogP contribution in [-0.4, -0.2) is 76.4 Å². The third-order valence-electron chi connectivity index (χ3n) is 7.01. The number of phenolic OH excluding ortho intramolecular Hbond substituents is 1. The number of aliphatic hydroxyl groups is 3. The van der Waals surface area contributed by atoms with Gasteiger partial charge in [0.05, 0.1) is 11.1 Å². The summed E-state index contributed by atoms with van der Waals surface area (Å²) in [5.41, 5.74) is 3.31. The largest absolute Gasteiger partial charge is 0.508 e. The molecule has 3 aliphatic carbocycles. The van der Waals surface area contributed by atoms with Crippen molar-refractivity contribution in [1.82, 2.24) is 0 Å². The Kier molecular flexibility index (Phi) is 5.93. The van der Waals surface area contributed by atoms with E-state index in [4.69, 9.17) is 5.73 Å². The molecule has 0 spiro atoms. The molecule has 3 atom stereocenters. The molecule has 4 rings (SSSR count). The third kappa shape index (κ3) is 3.74. The van der Waals surface area contributed by atoms with Crippen LogP contribution < -0.4 is 10.6 Å². The normalized spacial score (nSPS) is 25.9. The second-order valence-corrected chi connectivity index (χ2v) is 14.4. The predicted octanol–water partition coefficient (Wildman–Crippen LogP) is 1.49. The van der Waals surface area contributed by atoms with Crippen LogP contribution >= 0.6 is 10.0 Å². The van der Waals surface area contributed by atoms with Gasteiger partial charge in [-0.15, -0.1) is 0 Å². The van der Waals surface area contributed by atoms with Crippen molar-refractivity contribution in [3.8, 4) is 16.9 Å². The van der Waals surface area contributed by atoms with Crippen molar-refractivity contribution in [1.29, 1.82) is 0 Å². The van der Waals surface area contributed by atoms with Gasteiger partial charge < -0.3 is 31.1 Å². The van der Waals surface area contributed by atoms with Gasteiger partial charge in [0.25, 0.3) is 5.91 Å². The first-order valence-electron chi connectivity index (χ1n) is 11.3. The number of carbonyl (C=O) groups is 3. The Hall–Kier alpha value is -3.42. The lowest BCUT2D eigenvalue weighted by molar-refractivity contribution is -0.147. The highest BCUT2D eigenvalue weighted by Crippen LogP contribution is 2.53. The highest BCUT2D eigenvalue weighted by atomic mass is 32.3. The summed E-state index contributed by atoms with van der Waals surface area (Å²) in [7, 11) is 2.40. The van der Waals surface area contributed by atoms with Crippen LogP contribution in [0.1, 0.15) is 29.5 Å². The molecular weight excluding hydrogens is 484 g/mol. The maximum atomic E-state index is 13.7. The number of hydrogen-bond acceptors (Lipinski definition) is 8. The molecule has 3 aliphatic rings. The van der Waals surface area contributed by atoms with Crippen molar-refractivity contribution in [3.05, 3.63) is 39.7 Å². The molecule has 0 heterocycles. The number of carbonyl (C=O) groups excluding carboxylic acids is 3. The summed E-state index contributed by atoms with van der Waals surface area (Å²) in [6.45, 7) is 0. The number of anilines is 1. The van der Waals surface area contributed by atoms with E-state index >= 15 is 0 Å². The zero-order valence-corrected chi connectivity index (χ0v) is 21.6. The number of nitrogens with two attached hydrogens (primary N) is 1. The average molecular weight is 515 g/mol. The van der Waals surface area contributed by atoms with Gasteiger partial charge in [0.2, 0.25) is 5.78 Å². The number of phenols is 1. The highest BCUT2D eigenvalue weighted by molar-refractivity contribution is 8.35. The van der Waals surface area contributed by atoms with Crippen LogP contribution in [0.3, 0.4) is 0 Å². The van der Waals surface area contributed by atoms with Gasteiger partial charge in [-0.3, -0.25) is 14.4 Å². The number of benzene rings is 1. The molecule has 0 saturated heterocycles. The van der Waals surface area contributed by atoms with E-state index in [1.54, 1.807) is 6.07 Å². The summed E-state index contributed by atoms with van der Waals surface area (Å²) in [6.07, 6.45) is 5.98. The summed E-state index contributed by atoms with van der Waals surface area (Å²) in [5, 5.41) is 47.7. The molecule has 0 aromatic heterocycles. The summed E-state index contributed by atoms with van der Waals surface area (Å²) in [5.74, 6) is -3.49. The first-order chi connectivity index (χ1) is 16.6. The first-order valence-corrected chi connectivity index (χ1v) is 14.2. The van der Waals surface area contributed by atoms with Crippen LogP contribution in [-0.2, 0) is 20.8 Å². The first kappa shape index (κ1) is 25.7. The molecule has 1 aromatic carbocycles. The number of aliphatic hydroxyl groups excluding tert-OH is 2. The molecule has 192 valence electrons. The summed E-state index contributed by atoms with van der Waals surface area (Å²) < 4.78 is 0. The van der Waals surface area contributed by atoms with Crippen LogP contribution in [0.5, 0.6) is 5.75 Å². The Labute approximate surface area is 210 Å². The van der Waals surface area contributed by atoms with E-state index in [9.17, 15) is 34.8 Å². The number of fused-ring (bicyclic) bond motifs is 3. The molecule has 1 aromatic rings. The number of hydrogen-bond donors (Lipinski definition) is 5. The molecule has 1 amide bonds. The molecule has 36 heavy (non-hydrogen) atoms. The van der Waals surface area contributed by atoms with Crippen LogP contribution in [0.2, 0.25) is 0 Å². The summed E-state index contributed by atoms with van der Waals surface area (Å²) >= 11 is 0. The maximum absolute atomic E-state index is 13.7. The van der Waals surface area contributed by atoms with Gasteiger partial charge in [-0.1, -0.05) is 5.92 Å². The van der Waals surface area contributed by atoms with Gasteiger partial charge >= 0.3 is 0 Å². The average Bonchev–Trinajstić information content (AvgIpc) is 2.74. The van der Waals surface area contributed by atoms with E-state index in [0.717, 1.165) is 0 Å². The van der Waals surface area contributed by atoms with Crippen molar-refractivity contribution >= 4 is 38.9 Å². The lowest BCUT2D eigenvalue weighted by atomic mass is 9.59. The van der Waals surface area contributed by atoms with E-state index in [-0.39, 0.29) is 41.7 Å². The molecule has 0 bridgehead atoms. The van der Waals surface area contributed by atoms with E-state index < -0.39 is 62.0 Å². The minimum Gasteiger partial charge on any atom is -0.508 e. The maximum Gasteiger partial charge on any atom is 0.255 e. The number of Topliss-reactive ketones (excluding diaryl/α,β-unsaturated/α-hetero) is 2. The zero-order chi connectivity index (χ0) is 26.9. The lowest BCUT2D eigenvalue weighted by Crippen LogP contribution is -2.58. The molecule has 1 saturated carbocycles. The predicted molar refractivity (Wildman–Crippen MR) is 138 cm³/mol. The van der Waals surface area contributed by atoms with Crippen molar-refractivity contribution < 1.29 is 34.8 Å². The van der Waals surface area contributed by atoms with Crippen LogP contribution in [0, 0.1) is 23.0 Å². The smallest absolute Gasteiger partial charge is 0.255 e. The van der Waals surface area contributed by atoms with Gasteiger partial charge in [-0.2, -0.15) is 10.0 Å². The SMILES string of the molecule is CN(C)c1cc(C#CS(C)(C)C)c(O)c2c1C[C@H]1C[C@H]3CC(=O)C(C(N)=O)=C(O)[C@@]3(O)C(=O)C1=C2O. The second-order valence-electron chi connectivity index (χ2n) is 10.5. The molecule has 1 fully saturated rings. The van der Waals surface area contributed by atoms with Crippen molar-refractivity contribution in [3.63, 3.8) is 0 Å². The topological polar surface area (TPSA) is 161 Å². The van der Waals surface area contributed by atoms with E-state index in [2.05, 4.69) is 11.2 Å². The van der Waals surface area contributed by atoms with Gasteiger partial charge in [0.1, 0.15) is 22.8 Å². The fourth-order valence-corrected chi connectivity index (χ4v) is 5.79. The van der Waals surface area contributed by atoms with Gasteiger partial charge in [0, 0.05) is 37.7 Å². The third-order valence-corrected chi connectivity index (χ3v) is 7.73. The zero-order valence-electron chi connectivity index (χ0n) is 20.8. The molecule has 0 unspecified atom stereocenters. The molecule has 10 heteroatoms. The molecule has 6 N–H and O–H groups in total. The van der Waals surface area contributed by atoms with Crippen molar-refractivity contribution in [2.24, 2.45) is 17.6 Å². The number of amides is 1. The second kappa shape index (κ2) is 8.32. The van der Waals surface area contributed by atoms with E-state index in [1.807, 2.05) is 37.8 Å². The fraction of sp³-hybridized carbons (Fsp3) is 0.423. The minimum atomic E-state index is -2.58. The monoisotopic (exact) mass is 514 g/mol. The van der Waals surface area contributed by atoms with E-state index in [0.29, 0.717) is 11.3 Å². The Morgan fingerprint density at radius 2 is 1.81 bits per heavy atom. The van der Waals surface area contributed by atoms with Crippen LogP contribution in [0.15, 0.2) is 23.0 Å². The quantitative estimate of drug-likeness (QED) is 0.293. The highest BCUT2D eigenvalue weighted by Gasteiger charge is 2.60. The molecule has 0 radical (unpaired) electrons. The number of aromatic hydroxyl groups is 1. The Morgan fingerprint density at radius 1 is 1.17 bits per heavy atom. The number of ketones is 2. The van der Waals surface area contributed by atoms with Gasteiger partial charge in [0.15, 0.2) is 11.4 Å². The van der Waals surface area contributed by atoms with Gasteiger partial charge in [-0.05, 0) is 54.4 Å².